The third kappa shape index (κ3) is 7.64. The monoisotopic (exact) mass is 583 g/mol. The van der Waals surface area contributed by atoms with Crippen LogP contribution in [0.3, 0.4) is 0 Å². The highest BCUT2D eigenvalue weighted by atomic mass is 35.5. The molecule has 3 aromatic carbocycles. The van der Waals surface area contributed by atoms with Crippen molar-refractivity contribution in [3.8, 4) is 0 Å². The molecule has 3 rings (SSSR count). The number of nitrogens with one attached hydrogen (secondary N) is 1. The molecule has 0 aromatic heterocycles. The fourth-order valence-corrected chi connectivity index (χ4v) is 5.90. The second kappa shape index (κ2) is 13.8. The van der Waals surface area contributed by atoms with Gasteiger partial charge in [0.25, 0.3) is 10.0 Å². The number of rotatable bonds is 12. The van der Waals surface area contributed by atoms with Crippen LogP contribution >= 0.6 is 11.6 Å². The van der Waals surface area contributed by atoms with Crippen molar-refractivity contribution in [2.45, 2.75) is 58.5 Å². The third-order valence-corrected chi connectivity index (χ3v) is 8.92. The zero-order valence-corrected chi connectivity index (χ0v) is 25.3. The van der Waals surface area contributed by atoms with E-state index in [1.54, 1.807) is 36.4 Å². The normalized spacial score (nSPS) is 12.2. The fourth-order valence-electron chi connectivity index (χ4n) is 4.30. The largest absolute Gasteiger partial charge is 0.354 e. The lowest BCUT2D eigenvalue weighted by Crippen LogP contribution is -2.52. The number of aryl methyl sites for hydroxylation is 2. The quantitative estimate of drug-likeness (QED) is 0.295. The van der Waals surface area contributed by atoms with E-state index in [0.29, 0.717) is 18.0 Å². The molecule has 0 saturated carbocycles. The van der Waals surface area contributed by atoms with Crippen LogP contribution in [0.1, 0.15) is 43.9 Å². The molecule has 0 aliphatic heterocycles. The van der Waals surface area contributed by atoms with E-state index in [4.69, 9.17) is 11.6 Å². The molecule has 2 amide bonds. The molecule has 9 heteroatoms. The van der Waals surface area contributed by atoms with Crippen molar-refractivity contribution in [1.29, 1.82) is 0 Å². The van der Waals surface area contributed by atoms with E-state index in [1.165, 1.54) is 17.0 Å². The molecule has 1 unspecified atom stereocenters. The van der Waals surface area contributed by atoms with E-state index >= 15 is 0 Å². The summed E-state index contributed by atoms with van der Waals surface area (Å²) in [6.07, 6.45) is 0.364. The van der Waals surface area contributed by atoms with Gasteiger partial charge in [0.15, 0.2) is 0 Å². The van der Waals surface area contributed by atoms with Crippen LogP contribution in [-0.4, -0.2) is 44.3 Å². The molecule has 1 atom stereocenters. The molecule has 0 radical (unpaired) electrons. The Bertz CT molecular complexity index is 1430. The molecular weight excluding hydrogens is 546 g/mol. The predicted molar refractivity (Wildman–Crippen MR) is 161 cm³/mol. The van der Waals surface area contributed by atoms with Gasteiger partial charge in [0.05, 0.1) is 10.6 Å². The Balaban J connectivity index is 2.07. The Morgan fingerprint density at radius 2 is 1.57 bits per heavy atom. The first-order valence-electron chi connectivity index (χ1n) is 13.4. The number of carbonyl (C=O) groups is 2. The van der Waals surface area contributed by atoms with E-state index in [0.717, 1.165) is 21.0 Å². The van der Waals surface area contributed by atoms with Gasteiger partial charge in [-0.05, 0) is 67.1 Å². The van der Waals surface area contributed by atoms with Gasteiger partial charge in [0.2, 0.25) is 11.8 Å². The molecule has 40 heavy (non-hydrogen) atoms. The molecule has 0 aliphatic carbocycles. The number of sulfonamides is 1. The summed E-state index contributed by atoms with van der Waals surface area (Å²) in [6.45, 7) is 9.72. The number of anilines is 1. The van der Waals surface area contributed by atoms with Gasteiger partial charge >= 0.3 is 0 Å². The van der Waals surface area contributed by atoms with Crippen molar-refractivity contribution in [2.75, 3.05) is 17.4 Å². The third-order valence-electron chi connectivity index (χ3n) is 6.73. The van der Waals surface area contributed by atoms with Crippen LogP contribution in [-0.2, 0) is 26.2 Å². The fraction of sp³-hybridized carbons (Fsp3) is 0.355. The maximum atomic E-state index is 14.1. The highest BCUT2D eigenvalue weighted by molar-refractivity contribution is 7.92. The molecule has 1 N–H and O–H groups in total. The summed E-state index contributed by atoms with van der Waals surface area (Å²) < 4.78 is 28.8. The lowest BCUT2D eigenvalue weighted by atomic mass is 10.1. The van der Waals surface area contributed by atoms with Crippen molar-refractivity contribution < 1.29 is 18.0 Å². The summed E-state index contributed by atoms with van der Waals surface area (Å²) in [5.41, 5.74) is 2.89. The molecule has 0 bridgehead atoms. The number of hydrogen-bond acceptors (Lipinski definition) is 4. The first kappa shape index (κ1) is 31.2. The second-order valence-corrected chi connectivity index (χ2v) is 12.5. The Hall–Kier alpha value is -3.36. The number of hydrogen-bond donors (Lipinski definition) is 1. The summed E-state index contributed by atoms with van der Waals surface area (Å²) >= 11 is 6.38. The van der Waals surface area contributed by atoms with Crippen molar-refractivity contribution in [1.82, 2.24) is 10.2 Å². The Kier molecular flexibility index (Phi) is 10.8. The summed E-state index contributed by atoms with van der Waals surface area (Å²) in [5, 5.41) is 3.33. The van der Waals surface area contributed by atoms with Gasteiger partial charge in [-0.25, -0.2) is 8.42 Å². The smallest absolute Gasteiger partial charge is 0.264 e. The van der Waals surface area contributed by atoms with Crippen LogP contribution in [0.25, 0.3) is 0 Å². The summed E-state index contributed by atoms with van der Waals surface area (Å²) in [5.74, 6) is -0.528. The molecule has 0 aliphatic rings. The standard InChI is InChI=1S/C31H38ClN3O4S/c1-6-29(31(37)33-19-22(2)3)34(20-25-13-11-10-12-23(25)4)30(36)21-35(26-17-16-24(5)28(32)18-26)40(38,39)27-14-8-7-9-15-27/h7-18,22,29H,6,19-21H2,1-5H3,(H,33,37). The second-order valence-electron chi connectivity index (χ2n) is 10.3. The zero-order chi connectivity index (χ0) is 29.4. The van der Waals surface area contributed by atoms with Gasteiger partial charge in [0, 0.05) is 18.1 Å². The Morgan fingerprint density at radius 1 is 0.925 bits per heavy atom. The first-order chi connectivity index (χ1) is 18.9. The number of nitrogens with zero attached hydrogens (tertiary/aromatic N) is 2. The van der Waals surface area contributed by atoms with Crippen molar-refractivity contribution in [2.24, 2.45) is 5.92 Å². The van der Waals surface area contributed by atoms with Gasteiger partial charge in [-0.15, -0.1) is 0 Å². The minimum Gasteiger partial charge on any atom is -0.354 e. The summed E-state index contributed by atoms with van der Waals surface area (Å²) in [6, 6.07) is 19.7. The first-order valence-corrected chi connectivity index (χ1v) is 15.2. The molecule has 7 nitrogen and oxygen atoms in total. The lowest BCUT2D eigenvalue weighted by Gasteiger charge is -2.33. The topological polar surface area (TPSA) is 86.8 Å². The average molecular weight is 584 g/mol. The van der Waals surface area contributed by atoms with Crippen molar-refractivity contribution in [3.05, 3.63) is 94.5 Å². The molecule has 0 fully saturated rings. The lowest BCUT2D eigenvalue weighted by molar-refractivity contribution is -0.140. The van der Waals surface area contributed by atoms with Crippen LogP contribution in [0.2, 0.25) is 5.02 Å². The van der Waals surface area contributed by atoms with Crippen LogP contribution < -0.4 is 9.62 Å². The van der Waals surface area contributed by atoms with E-state index in [1.807, 2.05) is 58.9 Å². The molecule has 0 saturated heterocycles. The highest BCUT2D eigenvalue weighted by Gasteiger charge is 2.34. The van der Waals surface area contributed by atoms with Crippen molar-refractivity contribution >= 4 is 39.1 Å². The van der Waals surface area contributed by atoms with E-state index in [-0.39, 0.29) is 29.0 Å². The number of halogens is 1. The number of carbonyl (C=O) groups excluding carboxylic acids is 2. The maximum Gasteiger partial charge on any atom is 0.264 e. The van der Waals surface area contributed by atoms with Gasteiger partial charge in [-0.2, -0.15) is 0 Å². The molecule has 214 valence electrons. The Labute approximate surface area is 243 Å². The molecule has 3 aromatic rings. The van der Waals surface area contributed by atoms with Crippen LogP contribution in [0, 0.1) is 19.8 Å². The van der Waals surface area contributed by atoms with Gasteiger partial charge in [-0.3, -0.25) is 13.9 Å². The highest BCUT2D eigenvalue weighted by Crippen LogP contribution is 2.29. The predicted octanol–water partition coefficient (Wildman–Crippen LogP) is 5.73. The minimum atomic E-state index is -4.14. The van der Waals surface area contributed by atoms with E-state index in [2.05, 4.69) is 5.32 Å². The van der Waals surface area contributed by atoms with Crippen molar-refractivity contribution in [3.63, 3.8) is 0 Å². The average Bonchev–Trinajstić information content (AvgIpc) is 2.93. The van der Waals surface area contributed by atoms with Crippen LogP contribution in [0.4, 0.5) is 5.69 Å². The molecule has 0 spiro atoms. The summed E-state index contributed by atoms with van der Waals surface area (Å²) in [4.78, 5) is 29.0. The summed E-state index contributed by atoms with van der Waals surface area (Å²) in [7, 11) is -4.14. The Morgan fingerprint density at radius 3 is 2.17 bits per heavy atom. The van der Waals surface area contributed by atoms with Crippen LogP contribution in [0.15, 0.2) is 77.7 Å². The van der Waals surface area contributed by atoms with Crippen LogP contribution in [0.5, 0.6) is 0 Å². The van der Waals surface area contributed by atoms with E-state index < -0.39 is 28.5 Å². The van der Waals surface area contributed by atoms with Gasteiger partial charge in [0.1, 0.15) is 12.6 Å². The zero-order valence-electron chi connectivity index (χ0n) is 23.7. The SMILES string of the molecule is CCC(C(=O)NCC(C)C)N(Cc1ccccc1C)C(=O)CN(c1ccc(C)c(Cl)c1)S(=O)(=O)c1ccccc1. The molecule has 0 heterocycles. The van der Waals surface area contributed by atoms with Gasteiger partial charge in [-0.1, -0.05) is 80.9 Å². The maximum absolute atomic E-state index is 14.1. The molecular formula is C31H38ClN3O4S. The van der Waals surface area contributed by atoms with E-state index in [9.17, 15) is 18.0 Å². The van der Waals surface area contributed by atoms with Gasteiger partial charge < -0.3 is 10.2 Å². The minimum absolute atomic E-state index is 0.0478. The number of benzene rings is 3. The number of amides is 2.